The minimum Gasteiger partial charge on any atom is -0.397 e. The lowest BCUT2D eigenvalue weighted by Crippen LogP contribution is -2.37. The Hall–Kier alpha value is -2.83. The molecule has 1 atom stereocenters. The van der Waals surface area contributed by atoms with Crippen LogP contribution in [-0.2, 0) is 10.1 Å². The van der Waals surface area contributed by atoms with Gasteiger partial charge in [0.25, 0.3) is 10.1 Å². The maximum absolute atomic E-state index is 11.2. The highest BCUT2D eigenvalue weighted by atomic mass is 32.2. The molecule has 0 radical (unpaired) electrons. The van der Waals surface area contributed by atoms with Crippen LogP contribution in [0.2, 0.25) is 0 Å². The van der Waals surface area contributed by atoms with Crippen LogP contribution in [0.5, 0.6) is 0 Å². The largest absolute Gasteiger partial charge is 0.397 e. The Morgan fingerprint density at radius 2 is 1.64 bits per heavy atom. The van der Waals surface area contributed by atoms with Gasteiger partial charge in [-0.05, 0) is 56.7 Å². The van der Waals surface area contributed by atoms with E-state index in [1.54, 1.807) is 12.1 Å². The minimum atomic E-state index is -4.26. The van der Waals surface area contributed by atoms with E-state index in [-0.39, 0.29) is 24.2 Å². The third-order valence-corrected chi connectivity index (χ3v) is 6.02. The van der Waals surface area contributed by atoms with E-state index in [0.29, 0.717) is 47.9 Å². The monoisotopic (exact) mass is 479 g/mol. The molecule has 0 spiro atoms. The lowest BCUT2D eigenvalue weighted by molar-refractivity contribution is 0.129. The zero-order valence-corrected chi connectivity index (χ0v) is 19.6. The number of nitrogens with two attached hydrogens (primary N) is 2. The Balaban J connectivity index is 2.13. The van der Waals surface area contributed by atoms with Gasteiger partial charge in [-0.15, -0.1) is 0 Å². The molecule has 0 aromatic heterocycles. The number of nitrogens with zero attached hydrogens (tertiary/aromatic N) is 1. The van der Waals surface area contributed by atoms with Gasteiger partial charge in [-0.2, -0.15) is 8.42 Å². The summed E-state index contributed by atoms with van der Waals surface area (Å²) in [6.07, 6.45) is 2.72. The highest BCUT2D eigenvalue weighted by molar-refractivity contribution is 7.85. The van der Waals surface area contributed by atoms with Crippen molar-refractivity contribution in [3.05, 3.63) is 48.2 Å². The molecule has 0 fully saturated rings. The van der Waals surface area contributed by atoms with Crippen LogP contribution in [0.1, 0.15) is 20.3 Å². The fourth-order valence-electron chi connectivity index (χ4n) is 3.29. The molecule has 0 amide bonds. The van der Waals surface area contributed by atoms with Crippen molar-refractivity contribution in [2.45, 2.75) is 31.2 Å². The molecular weight excluding hydrogens is 446 g/mol. The second-order valence-corrected chi connectivity index (χ2v) is 9.15. The maximum atomic E-state index is 11.2. The molecule has 2 aromatic rings. The highest BCUT2D eigenvalue weighted by Gasteiger charge is 2.13. The molecule has 2 rings (SSSR count). The van der Waals surface area contributed by atoms with Crippen LogP contribution in [-0.4, -0.2) is 60.4 Å². The van der Waals surface area contributed by atoms with Crippen molar-refractivity contribution in [3.8, 4) is 0 Å². The molecule has 0 saturated heterocycles. The molecule has 2 aromatic carbocycles. The fraction of sp³-hybridized carbons (Fsp3) is 0.364. The maximum Gasteiger partial charge on any atom is 0.294 e. The van der Waals surface area contributed by atoms with Gasteiger partial charge in [0.2, 0.25) is 0 Å². The third kappa shape index (κ3) is 7.91. The van der Waals surface area contributed by atoms with E-state index in [4.69, 9.17) is 16.0 Å². The van der Waals surface area contributed by atoms with Gasteiger partial charge in [0.15, 0.2) is 0 Å². The predicted molar refractivity (Wildman–Crippen MR) is 132 cm³/mol. The second-order valence-electron chi connectivity index (χ2n) is 7.73. The summed E-state index contributed by atoms with van der Waals surface area (Å²) in [4.78, 5) is 1.81. The first-order chi connectivity index (χ1) is 15.5. The lowest BCUT2D eigenvalue weighted by Gasteiger charge is -2.27. The molecule has 33 heavy (non-hydrogen) atoms. The Morgan fingerprint density at radius 1 is 1.06 bits per heavy atom. The number of allylic oxidation sites excluding steroid dienone is 1. The number of aliphatic hydroxyl groups excluding tert-OH is 2. The van der Waals surface area contributed by atoms with Gasteiger partial charge in [-0.3, -0.25) is 9.45 Å². The molecule has 0 aliphatic rings. The Kier molecular flexibility index (Phi) is 9.50. The molecule has 0 heterocycles. The summed E-state index contributed by atoms with van der Waals surface area (Å²) in [5.74, 6) is 0. The molecule has 9 N–H and O–H groups in total. The number of hydrogen-bond acceptors (Lipinski definition) is 9. The van der Waals surface area contributed by atoms with E-state index >= 15 is 0 Å². The molecule has 1 unspecified atom stereocenters. The first-order valence-electron chi connectivity index (χ1n) is 10.5. The normalized spacial score (nSPS) is 13.2. The van der Waals surface area contributed by atoms with Crippen molar-refractivity contribution in [3.63, 3.8) is 0 Å². The number of aliphatic hydroxyl groups is 2. The predicted octanol–water partition coefficient (Wildman–Crippen LogP) is 2.22. The Labute approximate surface area is 194 Å². The fourth-order valence-corrected chi connectivity index (χ4v) is 3.77. The third-order valence-electron chi connectivity index (χ3n) is 5.15. The van der Waals surface area contributed by atoms with E-state index in [9.17, 15) is 18.6 Å². The molecule has 10 nitrogen and oxygen atoms in total. The van der Waals surface area contributed by atoms with E-state index in [0.717, 1.165) is 5.70 Å². The quantitative estimate of drug-likeness (QED) is 0.177. The van der Waals surface area contributed by atoms with Crippen molar-refractivity contribution in [2.24, 2.45) is 0 Å². The molecule has 182 valence electrons. The number of nitrogens with one attached hydrogen (secondary N) is 2. The summed E-state index contributed by atoms with van der Waals surface area (Å²) >= 11 is 0. The number of nitrogen functional groups attached to an aromatic ring is 2. The smallest absolute Gasteiger partial charge is 0.294 e. The minimum absolute atomic E-state index is 0.0293. The SMILES string of the molecule is C/C(=C\CC(C)N(CCO)CCO)Nc1cc(Nc2ccc(S(=O)(=O)O)cc2)c(N)cc1N. The van der Waals surface area contributed by atoms with Gasteiger partial charge in [0, 0.05) is 30.5 Å². The van der Waals surface area contributed by atoms with Crippen LogP contribution in [0.15, 0.2) is 53.1 Å². The summed E-state index contributed by atoms with van der Waals surface area (Å²) in [5.41, 5.74) is 15.8. The molecule has 11 heteroatoms. The van der Waals surface area contributed by atoms with Crippen LogP contribution in [0.3, 0.4) is 0 Å². The average molecular weight is 480 g/mol. The van der Waals surface area contributed by atoms with Crippen molar-refractivity contribution >= 4 is 38.6 Å². The number of benzene rings is 2. The van der Waals surface area contributed by atoms with E-state index < -0.39 is 10.1 Å². The van der Waals surface area contributed by atoms with Crippen molar-refractivity contribution in [1.82, 2.24) is 4.90 Å². The van der Waals surface area contributed by atoms with Gasteiger partial charge < -0.3 is 32.3 Å². The van der Waals surface area contributed by atoms with Crippen LogP contribution in [0, 0.1) is 0 Å². The lowest BCUT2D eigenvalue weighted by atomic mass is 10.1. The molecule has 0 bridgehead atoms. The zero-order chi connectivity index (χ0) is 24.6. The van der Waals surface area contributed by atoms with Gasteiger partial charge >= 0.3 is 0 Å². The van der Waals surface area contributed by atoms with Gasteiger partial charge in [-0.1, -0.05) is 6.08 Å². The number of rotatable bonds is 12. The molecule has 0 saturated carbocycles. The first-order valence-corrected chi connectivity index (χ1v) is 11.9. The van der Waals surface area contributed by atoms with Crippen LogP contribution < -0.4 is 22.1 Å². The van der Waals surface area contributed by atoms with Crippen LogP contribution >= 0.6 is 0 Å². The number of hydrogen-bond donors (Lipinski definition) is 7. The van der Waals surface area contributed by atoms with Crippen LogP contribution in [0.25, 0.3) is 0 Å². The van der Waals surface area contributed by atoms with Gasteiger partial charge in [0.1, 0.15) is 0 Å². The summed E-state index contributed by atoms with van der Waals surface area (Å²) < 4.78 is 31.5. The standard InChI is InChI=1S/C22H33N5O5S/c1-15(3-4-16(2)27(9-11-28)10-12-29)25-21-14-22(20(24)13-19(21)23)26-17-5-7-18(8-6-17)33(30,31)32/h3,5-8,13-14,16,25-26,28-29H,4,9-12,23-24H2,1-2H3,(H,30,31,32)/b15-3+. The second kappa shape index (κ2) is 11.9. The van der Waals surface area contributed by atoms with E-state index in [1.807, 2.05) is 24.8 Å². The van der Waals surface area contributed by atoms with Crippen molar-refractivity contribution in [1.29, 1.82) is 0 Å². The summed E-state index contributed by atoms with van der Waals surface area (Å²) in [6, 6.07) is 9.12. The van der Waals surface area contributed by atoms with Crippen molar-refractivity contribution < 1.29 is 23.2 Å². The summed E-state index contributed by atoms with van der Waals surface area (Å²) in [5, 5.41) is 24.8. The van der Waals surface area contributed by atoms with Crippen LogP contribution in [0.4, 0.5) is 28.4 Å². The Morgan fingerprint density at radius 3 is 2.18 bits per heavy atom. The number of anilines is 5. The van der Waals surface area contributed by atoms with E-state index in [2.05, 4.69) is 10.6 Å². The summed E-state index contributed by atoms with van der Waals surface area (Å²) in [6.45, 7) is 4.98. The highest BCUT2D eigenvalue weighted by Crippen LogP contribution is 2.32. The van der Waals surface area contributed by atoms with Gasteiger partial charge in [0.05, 0.1) is 40.9 Å². The molecule has 0 aliphatic heterocycles. The zero-order valence-electron chi connectivity index (χ0n) is 18.8. The molecular formula is C22H33N5O5S. The first kappa shape index (κ1) is 26.4. The van der Waals surface area contributed by atoms with E-state index in [1.165, 1.54) is 24.3 Å². The molecule has 0 aliphatic carbocycles. The average Bonchev–Trinajstić information content (AvgIpc) is 2.75. The Bertz CT molecular complexity index is 1050. The van der Waals surface area contributed by atoms with Gasteiger partial charge in [-0.25, -0.2) is 0 Å². The van der Waals surface area contributed by atoms with Crippen molar-refractivity contribution in [2.75, 3.05) is 48.4 Å². The summed E-state index contributed by atoms with van der Waals surface area (Å²) in [7, 11) is -4.26. The topological polar surface area (TPSA) is 174 Å².